The van der Waals surface area contributed by atoms with Crippen molar-refractivity contribution in [3.05, 3.63) is 18.0 Å². The van der Waals surface area contributed by atoms with E-state index < -0.39 is 0 Å². The Morgan fingerprint density at radius 3 is 2.84 bits per heavy atom. The van der Waals surface area contributed by atoms with Gasteiger partial charge in [-0.1, -0.05) is 39.5 Å². The van der Waals surface area contributed by atoms with Gasteiger partial charge in [-0.25, -0.2) is 0 Å². The molecule has 3 nitrogen and oxygen atoms in total. The monoisotopic (exact) mass is 263 g/mol. The van der Waals surface area contributed by atoms with E-state index in [1.165, 1.54) is 37.8 Å². The summed E-state index contributed by atoms with van der Waals surface area (Å²) in [5.41, 5.74) is 1.32. The minimum atomic E-state index is 0.961. The van der Waals surface area contributed by atoms with E-state index in [4.69, 9.17) is 0 Å². The van der Waals surface area contributed by atoms with Crippen molar-refractivity contribution in [1.82, 2.24) is 15.1 Å². The van der Waals surface area contributed by atoms with Crippen molar-refractivity contribution in [2.24, 2.45) is 11.8 Å². The molecular formula is C16H29N3. The van der Waals surface area contributed by atoms with Gasteiger partial charge in [0.15, 0.2) is 0 Å². The predicted octanol–water partition coefficient (Wildman–Crippen LogP) is 3.60. The summed E-state index contributed by atoms with van der Waals surface area (Å²) in [5, 5.41) is 7.94. The van der Waals surface area contributed by atoms with Crippen molar-refractivity contribution >= 4 is 0 Å². The summed E-state index contributed by atoms with van der Waals surface area (Å²) in [6, 6.07) is 2.13. The van der Waals surface area contributed by atoms with Gasteiger partial charge in [-0.3, -0.25) is 4.68 Å². The zero-order chi connectivity index (χ0) is 13.5. The standard InChI is InChI=1S/C16H29N3/c1-3-12-19-16(9-11-18-19)13-17-10-8-15-6-4-14(2)5-7-15/h9,11,14-15,17H,3-8,10,12-13H2,1-2H3. The second-order valence-electron chi connectivity index (χ2n) is 6.14. The first-order valence-electron chi connectivity index (χ1n) is 8.01. The maximum Gasteiger partial charge on any atom is 0.0522 e. The van der Waals surface area contributed by atoms with Crippen LogP contribution in [0.2, 0.25) is 0 Å². The first kappa shape index (κ1) is 14.6. The quantitative estimate of drug-likeness (QED) is 0.762. The van der Waals surface area contributed by atoms with Gasteiger partial charge in [0.05, 0.1) is 5.69 Å². The van der Waals surface area contributed by atoms with Crippen LogP contribution < -0.4 is 5.32 Å². The van der Waals surface area contributed by atoms with Crippen molar-refractivity contribution in [2.75, 3.05) is 6.54 Å². The Hall–Kier alpha value is -0.830. The molecule has 0 atom stereocenters. The molecule has 0 aliphatic heterocycles. The van der Waals surface area contributed by atoms with Crippen molar-refractivity contribution in [3.63, 3.8) is 0 Å². The molecule has 3 heteroatoms. The summed E-state index contributed by atoms with van der Waals surface area (Å²) < 4.78 is 2.12. The van der Waals surface area contributed by atoms with Crippen molar-refractivity contribution < 1.29 is 0 Å². The number of aryl methyl sites for hydroxylation is 1. The van der Waals surface area contributed by atoms with E-state index in [1.54, 1.807) is 0 Å². The van der Waals surface area contributed by atoms with Crippen molar-refractivity contribution in [2.45, 2.75) is 65.5 Å². The summed E-state index contributed by atoms with van der Waals surface area (Å²) in [5.74, 6) is 1.93. The van der Waals surface area contributed by atoms with Crippen LogP contribution in [0.25, 0.3) is 0 Å². The topological polar surface area (TPSA) is 29.9 Å². The Bertz CT molecular complexity index is 351. The summed E-state index contributed by atoms with van der Waals surface area (Å²) in [6.07, 6.45) is 10.2. The van der Waals surface area contributed by atoms with E-state index in [1.807, 2.05) is 6.20 Å². The molecule has 0 saturated heterocycles. The second kappa shape index (κ2) is 7.68. The summed E-state index contributed by atoms with van der Waals surface area (Å²) in [7, 11) is 0. The lowest BCUT2D eigenvalue weighted by Gasteiger charge is -2.26. The van der Waals surface area contributed by atoms with E-state index in [-0.39, 0.29) is 0 Å². The average molecular weight is 263 g/mol. The molecule has 0 bridgehead atoms. The van der Waals surface area contributed by atoms with E-state index in [0.717, 1.165) is 37.9 Å². The smallest absolute Gasteiger partial charge is 0.0522 e. The molecule has 108 valence electrons. The zero-order valence-electron chi connectivity index (χ0n) is 12.6. The Kier molecular flexibility index (Phi) is 5.90. The Morgan fingerprint density at radius 1 is 1.32 bits per heavy atom. The molecule has 0 unspecified atom stereocenters. The lowest BCUT2D eigenvalue weighted by Crippen LogP contribution is -2.22. The van der Waals surface area contributed by atoms with Gasteiger partial charge in [-0.2, -0.15) is 5.10 Å². The average Bonchev–Trinajstić information content (AvgIpc) is 2.85. The third-order valence-corrected chi connectivity index (χ3v) is 4.41. The van der Waals surface area contributed by atoms with Crippen LogP contribution >= 0.6 is 0 Å². The van der Waals surface area contributed by atoms with Crippen LogP contribution in [0, 0.1) is 11.8 Å². The molecule has 1 aliphatic rings. The first-order valence-corrected chi connectivity index (χ1v) is 8.01. The summed E-state index contributed by atoms with van der Waals surface area (Å²) in [4.78, 5) is 0. The number of aromatic nitrogens is 2. The third kappa shape index (κ3) is 4.64. The number of nitrogens with one attached hydrogen (secondary N) is 1. The van der Waals surface area contributed by atoms with Gasteiger partial charge in [0.1, 0.15) is 0 Å². The lowest BCUT2D eigenvalue weighted by atomic mass is 9.81. The molecule has 0 spiro atoms. The fourth-order valence-electron chi connectivity index (χ4n) is 3.06. The molecule has 0 radical (unpaired) electrons. The predicted molar refractivity (Wildman–Crippen MR) is 80.0 cm³/mol. The number of hydrogen-bond donors (Lipinski definition) is 1. The molecule has 1 aromatic heterocycles. The number of hydrogen-bond acceptors (Lipinski definition) is 2. The molecule has 0 amide bonds. The summed E-state index contributed by atoms with van der Waals surface area (Å²) in [6.45, 7) is 7.73. The van der Waals surface area contributed by atoms with Crippen LogP contribution in [0.1, 0.15) is 58.1 Å². The van der Waals surface area contributed by atoms with Gasteiger partial charge in [0, 0.05) is 19.3 Å². The summed E-state index contributed by atoms with van der Waals surface area (Å²) >= 11 is 0. The van der Waals surface area contributed by atoms with Crippen molar-refractivity contribution in [3.8, 4) is 0 Å². The highest BCUT2D eigenvalue weighted by molar-refractivity contribution is 4.99. The van der Waals surface area contributed by atoms with Gasteiger partial charge < -0.3 is 5.32 Å². The fraction of sp³-hybridized carbons (Fsp3) is 0.812. The highest BCUT2D eigenvalue weighted by Crippen LogP contribution is 2.29. The van der Waals surface area contributed by atoms with E-state index in [0.29, 0.717) is 0 Å². The SMILES string of the molecule is CCCn1nccc1CNCCC1CCC(C)CC1. The normalized spacial score (nSPS) is 23.7. The second-order valence-corrected chi connectivity index (χ2v) is 6.14. The molecule has 1 aromatic rings. The van der Waals surface area contributed by atoms with E-state index in [2.05, 4.69) is 35.0 Å². The third-order valence-electron chi connectivity index (χ3n) is 4.41. The first-order chi connectivity index (χ1) is 9.29. The maximum absolute atomic E-state index is 4.36. The van der Waals surface area contributed by atoms with Gasteiger partial charge in [-0.05, 0) is 37.3 Å². The fourth-order valence-corrected chi connectivity index (χ4v) is 3.06. The van der Waals surface area contributed by atoms with Crippen molar-refractivity contribution in [1.29, 1.82) is 0 Å². The van der Waals surface area contributed by atoms with Gasteiger partial charge in [0.2, 0.25) is 0 Å². The molecule has 1 aliphatic carbocycles. The molecule has 1 N–H and O–H groups in total. The van der Waals surface area contributed by atoms with Crippen LogP contribution in [-0.4, -0.2) is 16.3 Å². The minimum Gasteiger partial charge on any atom is -0.311 e. The zero-order valence-corrected chi connectivity index (χ0v) is 12.6. The number of rotatable bonds is 7. The van der Waals surface area contributed by atoms with E-state index >= 15 is 0 Å². The lowest BCUT2D eigenvalue weighted by molar-refractivity contribution is 0.275. The molecule has 1 saturated carbocycles. The van der Waals surface area contributed by atoms with Gasteiger partial charge in [0.25, 0.3) is 0 Å². The molecule has 19 heavy (non-hydrogen) atoms. The molecule has 1 fully saturated rings. The maximum atomic E-state index is 4.36. The highest BCUT2D eigenvalue weighted by atomic mass is 15.3. The van der Waals surface area contributed by atoms with Crippen LogP contribution in [0.3, 0.4) is 0 Å². The molecule has 0 aromatic carbocycles. The van der Waals surface area contributed by atoms with Crippen LogP contribution in [0.4, 0.5) is 0 Å². The Morgan fingerprint density at radius 2 is 2.11 bits per heavy atom. The Balaban J connectivity index is 1.62. The van der Waals surface area contributed by atoms with Crippen LogP contribution in [-0.2, 0) is 13.1 Å². The molecule has 1 heterocycles. The van der Waals surface area contributed by atoms with Gasteiger partial charge >= 0.3 is 0 Å². The highest BCUT2D eigenvalue weighted by Gasteiger charge is 2.17. The molecular weight excluding hydrogens is 234 g/mol. The van der Waals surface area contributed by atoms with Gasteiger partial charge in [-0.15, -0.1) is 0 Å². The largest absolute Gasteiger partial charge is 0.311 e. The molecule has 2 rings (SSSR count). The van der Waals surface area contributed by atoms with Crippen LogP contribution in [0.5, 0.6) is 0 Å². The van der Waals surface area contributed by atoms with Crippen LogP contribution in [0.15, 0.2) is 12.3 Å². The number of nitrogens with zero attached hydrogens (tertiary/aromatic N) is 2. The minimum absolute atomic E-state index is 0.961. The van der Waals surface area contributed by atoms with E-state index in [9.17, 15) is 0 Å². The Labute approximate surface area is 117 Å².